The van der Waals surface area contributed by atoms with Crippen LogP contribution in [0.1, 0.15) is 29.2 Å². The highest BCUT2D eigenvalue weighted by molar-refractivity contribution is 5.44. The largest absolute Gasteiger partial charge is 0.457 e. The third-order valence-corrected chi connectivity index (χ3v) is 3.59. The monoisotopic (exact) mass is 269 g/mol. The average molecular weight is 269 g/mol. The Morgan fingerprint density at radius 1 is 1.00 bits per heavy atom. The highest BCUT2D eigenvalue weighted by Crippen LogP contribution is 2.30. The smallest absolute Gasteiger partial charge is 0.130 e. The van der Waals surface area contributed by atoms with Crippen molar-refractivity contribution in [2.45, 2.75) is 40.2 Å². The first kappa shape index (κ1) is 14.6. The summed E-state index contributed by atoms with van der Waals surface area (Å²) in [6.45, 7) is 8.27. The Labute approximate surface area is 121 Å². The number of benzene rings is 2. The summed E-state index contributed by atoms with van der Waals surface area (Å²) in [7, 11) is 0. The van der Waals surface area contributed by atoms with Crippen molar-refractivity contribution in [1.82, 2.24) is 0 Å². The zero-order chi connectivity index (χ0) is 14.7. The molecule has 0 aliphatic heterocycles. The second kappa shape index (κ2) is 6.10. The Morgan fingerprint density at radius 2 is 1.75 bits per heavy atom. The van der Waals surface area contributed by atoms with Crippen LogP contribution in [0.2, 0.25) is 0 Å². The van der Waals surface area contributed by atoms with Gasteiger partial charge in [0, 0.05) is 6.04 Å². The number of hydrogen-bond donors (Lipinski definition) is 1. The van der Waals surface area contributed by atoms with E-state index in [0.29, 0.717) is 0 Å². The summed E-state index contributed by atoms with van der Waals surface area (Å²) in [6.07, 6.45) is 0.865. The van der Waals surface area contributed by atoms with Crippen LogP contribution >= 0.6 is 0 Å². The molecule has 2 N–H and O–H groups in total. The van der Waals surface area contributed by atoms with Gasteiger partial charge in [-0.05, 0) is 68.5 Å². The summed E-state index contributed by atoms with van der Waals surface area (Å²) in [4.78, 5) is 0. The van der Waals surface area contributed by atoms with Crippen LogP contribution < -0.4 is 10.5 Å². The lowest BCUT2D eigenvalue weighted by Crippen LogP contribution is -2.17. The number of rotatable bonds is 4. The molecule has 0 fully saturated rings. The Kier molecular flexibility index (Phi) is 4.46. The van der Waals surface area contributed by atoms with Crippen molar-refractivity contribution in [3.63, 3.8) is 0 Å². The summed E-state index contributed by atoms with van der Waals surface area (Å²) in [5.74, 6) is 1.84. The Hall–Kier alpha value is -1.80. The van der Waals surface area contributed by atoms with E-state index in [2.05, 4.69) is 45.0 Å². The Bertz CT molecular complexity index is 602. The number of ether oxygens (including phenoxy) is 1. The van der Waals surface area contributed by atoms with Gasteiger partial charge in [0.1, 0.15) is 11.5 Å². The van der Waals surface area contributed by atoms with Crippen molar-refractivity contribution in [3.8, 4) is 11.5 Å². The summed E-state index contributed by atoms with van der Waals surface area (Å²) < 4.78 is 6.10. The zero-order valence-corrected chi connectivity index (χ0v) is 12.7. The fourth-order valence-electron chi connectivity index (χ4n) is 2.21. The van der Waals surface area contributed by atoms with Crippen LogP contribution in [-0.4, -0.2) is 6.04 Å². The van der Waals surface area contributed by atoms with E-state index in [9.17, 15) is 0 Å². The first-order valence-electron chi connectivity index (χ1n) is 7.06. The van der Waals surface area contributed by atoms with E-state index >= 15 is 0 Å². The van der Waals surface area contributed by atoms with Crippen molar-refractivity contribution in [2.24, 2.45) is 5.73 Å². The maximum absolute atomic E-state index is 6.10. The van der Waals surface area contributed by atoms with Gasteiger partial charge in [0.05, 0.1) is 0 Å². The number of aryl methyl sites for hydroxylation is 2. The third-order valence-electron chi connectivity index (χ3n) is 3.59. The fraction of sp³-hybridized carbons (Fsp3) is 0.333. The van der Waals surface area contributed by atoms with Gasteiger partial charge in [0.25, 0.3) is 0 Å². The van der Waals surface area contributed by atoms with E-state index in [4.69, 9.17) is 10.5 Å². The van der Waals surface area contributed by atoms with Crippen LogP contribution in [0.15, 0.2) is 36.4 Å². The molecule has 1 unspecified atom stereocenters. The first-order chi connectivity index (χ1) is 9.47. The van der Waals surface area contributed by atoms with E-state index in [0.717, 1.165) is 23.5 Å². The molecule has 2 aromatic carbocycles. The van der Waals surface area contributed by atoms with Crippen molar-refractivity contribution in [3.05, 3.63) is 58.7 Å². The van der Waals surface area contributed by atoms with Gasteiger partial charge in [-0.2, -0.15) is 0 Å². The highest BCUT2D eigenvalue weighted by atomic mass is 16.5. The van der Waals surface area contributed by atoms with Gasteiger partial charge in [-0.25, -0.2) is 0 Å². The lowest BCUT2D eigenvalue weighted by molar-refractivity contribution is 0.473. The van der Waals surface area contributed by atoms with E-state index < -0.39 is 0 Å². The molecular formula is C18H23NO. The molecule has 2 heteroatoms. The Balaban J connectivity index is 2.30. The molecule has 0 saturated heterocycles. The summed E-state index contributed by atoms with van der Waals surface area (Å²) in [5, 5.41) is 0. The van der Waals surface area contributed by atoms with Crippen molar-refractivity contribution in [2.75, 3.05) is 0 Å². The normalized spacial score (nSPS) is 12.2. The van der Waals surface area contributed by atoms with E-state index in [1.165, 1.54) is 16.7 Å². The standard InChI is InChI=1S/C18H23NO/c1-12-6-5-7-17(15(12)4)20-18-11-16(10-14(3)19)9-8-13(18)2/h5-9,11,14H,10,19H2,1-4H3. The second-order valence-electron chi connectivity index (χ2n) is 5.58. The van der Waals surface area contributed by atoms with Gasteiger partial charge in [-0.3, -0.25) is 0 Å². The molecule has 0 radical (unpaired) electrons. The maximum Gasteiger partial charge on any atom is 0.130 e. The molecule has 2 rings (SSSR count). The minimum absolute atomic E-state index is 0.159. The van der Waals surface area contributed by atoms with E-state index in [-0.39, 0.29) is 6.04 Å². The number of nitrogens with two attached hydrogens (primary N) is 1. The molecule has 20 heavy (non-hydrogen) atoms. The minimum Gasteiger partial charge on any atom is -0.457 e. The molecule has 1 atom stereocenters. The molecule has 106 valence electrons. The fourth-order valence-corrected chi connectivity index (χ4v) is 2.21. The molecule has 0 aliphatic rings. The van der Waals surface area contributed by atoms with Crippen LogP contribution in [0.4, 0.5) is 0 Å². The van der Waals surface area contributed by atoms with Gasteiger partial charge < -0.3 is 10.5 Å². The quantitative estimate of drug-likeness (QED) is 0.898. The second-order valence-corrected chi connectivity index (χ2v) is 5.58. The van der Waals surface area contributed by atoms with Crippen molar-refractivity contribution >= 4 is 0 Å². The predicted octanol–water partition coefficient (Wildman–Crippen LogP) is 4.29. The molecule has 0 amide bonds. The van der Waals surface area contributed by atoms with Gasteiger partial charge >= 0.3 is 0 Å². The number of hydrogen-bond acceptors (Lipinski definition) is 2. The average Bonchev–Trinajstić information content (AvgIpc) is 2.38. The van der Waals surface area contributed by atoms with Gasteiger partial charge in [0.15, 0.2) is 0 Å². The molecule has 0 aliphatic carbocycles. The van der Waals surface area contributed by atoms with Crippen molar-refractivity contribution in [1.29, 1.82) is 0 Å². The third kappa shape index (κ3) is 3.40. The molecule has 2 aromatic rings. The molecule has 0 saturated carbocycles. The molecule has 0 aromatic heterocycles. The molecule has 0 heterocycles. The van der Waals surface area contributed by atoms with Crippen LogP contribution in [0.5, 0.6) is 11.5 Å². The summed E-state index contributed by atoms with van der Waals surface area (Å²) in [6, 6.07) is 12.6. The molecule has 0 spiro atoms. The predicted molar refractivity (Wildman–Crippen MR) is 84.5 cm³/mol. The lowest BCUT2D eigenvalue weighted by Gasteiger charge is -2.14. The highest BCUT2D eigenvalue weighted by Gasteiger charge is 2.07. The van der Waals surface area contributed by atoms with Gasteiger partial charge in [-0.15, -0.1) is 0 Å². The molecular weight excluding hydrogens is 246 g/mol. The SMILES string of the molecule is Cc1ccc(CC(C)N)cc1Oc1cccc(C)c1C. The minimum atomic E-state index is 0.159. The summed E-state index contributed by atoms with van der Waals surface area (Å²) in [5.41, 5.74) is 10.6. The van der Waals surface area contributed by atoms with Crippen LogP contribution in [0.25, 0.3) is 0 Å². The van der Waals surface area contributed by atoms with Gasteiger partial charge in [0.2, 0.25) is 0 Å². The van der Waals surface area contributed by atoms with E-state index in [1.807, 2.05) is 19.1 Å². The van der Waals surface area contributed by atoms with Crippen LogP contribution in [0.3, 0.4) is 0 Å². The molecule has 0 bridgehead atoms. The van der Waals surface area contributed by atoms with E-state index in [1.54, 1.807) is 0 Å². The zero-order valence-electron chi connectivity index (χ0n) is 12.7. The Morgan fingerprint density at radius 3 is 2.45 bits per heavy atom. The van der Waals surface area contributed by atoms with Gasteiger partial charge in [-0.1, -0.05) is 24.3 Å². The maximum atomic E-state index is 6.10. The van der Waals surface area contributed by atoms with Crippen LogP contribution in [-0.2, 0) is 6.42 Å². The lowest BCUT2D eigenvalue weighted by atomic mass is 10.0. The topological polar surface area (TPSA) is 35.2 Å². The summed E-state index contributed by atoms with van der Waals surface area (Å²) >= 11 is 0. The molecule has 2 nitrogen and oxygen atoms in total. The first-order valence-corrected chi connectivity index (χ1v) is 7.06. The van der Waals surface area contributed by atoms with Crippen molar-refractivity contribution < 1.29 is 4.74 Å². The van der Waals surface area contributed by atoms with Crippen LogP contribution in [0, 0.1) is 20.8 Å².